The molecule has 2 aromatic rings. The summed E-state index contributed by atoms with van der Waals surface area (Å²) in [7, 11) is 4.60. The third kappa shape index (κ3) is 2.63. The molecule has 20 heavy (non-hydrogen) atoms. The van der Waals surface area contributed by atoms with Gasteiger partial charge in [-0.1, -0.05) is 0 Å². The quantitative estimate of drug-likeness (QED) is 0.793. The molecule has 1 aromatic heterocycles. The van der Waals surface area contributed by atoms with Gasteiger partial charge >= 0.3 is 0 Å². The van der Waals surface area contributed by atoms with E-state index in [2.05, 4.69) is 0 Å². The Morgan fingerprint density at radius 1 is 0.950 bits per heavy atom. The molecule has 0 spiro atoms. The van der Waals surface area contributed by atoms with Gasteiger partial charge in [-0.2, -0.15) is 0 Å². The number of ether oxygens (including phenoxy) is 3. The van der Waals surface area contributed by atoms with Gasteiger partial charge in [0.05, 0.1) is 26.9 Å². The van der Waals surface area contributed by atoms with Crippen LogP contribution < -0.4 is 14.2 Å². The van der Waals surface area contributed by atoms with Crippen LogP contribution >= 0.6 is 11.3 Å². The molecule has 0 saturated carbocycles. The van der Waals surface area contributed by atoms with Crippen LogP contribution in [0.15, 0.2) is 23.6 Å². The molecule has 0 N–H and O–H groups in total. The summed E-state index contributed by atoms with van der Waals surface area (Å²) in [6.07, 6.45) is 0. The summed E-state index contributed by atoms with van der Waals surface area (Å²) in [5.74, 6) is 1.41. The topological polar surface area (TPSA) is 44.8 Å². The summed E-state index contributed by atoms with van der Waals surface area (Å²) < 4.78 is 15.7. The van der Waals surface area contributed by atoms with Crippen molar-refractivity contribution in [2.45, 2.75) is 6.92 Å². The van der Waals surface area contributed by atoms with Crippen molar-refractivity contribution >= 4 is 17.1 Å². The Hall–Kier alpha value is -2.01. The maximum atomic E-state index is 12.5. The van der Waals surface area contributed by atoms with Crippen LogP contribution in [0.4, 0.5) is 0 Å². The number of hydrogen-bond donors (Lipinski definition) is 0. The number of rotatable bonds is 5. The lowest BCUT2D eigenvalue weighted by Gasteiger charge is -2.13. The molecule has 0 aliphatic heterocycles. The van der Waals surface area contributed by atoms with Gasteiger partial charge in [0.25, 0.3) is 0 Å². The Kier molecular flexibility index (Phi) is 4.29. The lowest BCUT2D eigenvalue weighted by atomic mass is 10.0. The summed E-state index contributed by atoms with van der Waals surface area (Å²) in [6.45, 7) is 1.97. The monoisotopic (exact) mass is 292 g/mol. The summed E-state index contributed by atoms with van der Waals surface area (Å²) in [5, 5.41) is 1.84. The molecular formula is C15H16O4S. The number of methoxy groups -OCH3 is 3. The Balaban J connectivity index is 2.52. The minimum absolute atomic E-state index is 0.0906. The lowest BCUT2D eigenvalue weighted by Crippen LogP contribution is -2.04. The van der Waals surface area contributed by atoms with Gasteiger partial charge in [-0.25, -0.2) is 0 Å². The molecule has 4 nitrogen and oxygen atoms in total. The van der Waals surface area contributed by atoms with Crippen molar-refractivity contribution in [3.8, 4) is 17.2 Å². The smallest absolute Gasteiger partial charge is 0.197 e. The minimum atomic E-state index is -0.0906. The van der Waals surface area contributed by atoms with Crippen LogP contribution in [0, 0.1) is 6.92 Å². The third-order valence-corrected chi connectivity index (χ3v) is 3.80. The molecule has 0 radical (unpaired) electrons. The van der Waals surface area contributed by atoms with Gasteiger partial charge in [-0.05, 0) is 19.1 Å². The van der Waals surface area contributed by atoms with E-state index in [1.54, 1.807) is 30.6 Å². The highest BCUT2D eigenvalue weighted by atomic mass is 32.1. The summed E-state index contributed by atoms with van der Waals surface area (Å²) in [6, 6.07) is 5.17. The van der Waals surface area contributed by atoms with E-state index in [1.807, 2.05) is 18.4 Å². The molecule has 0 atom stereocenters. The Bertz CT molecular complexity index is 631. The molecule has 1 aromatic carbocycles. The molecule has 0 aliphatic carbocycles. The van der Waals surface area contributed by atoms with Gasteiger partial charge in [0.2, 0.25) is 0 Å². The van der Waals surface area contributed by atoms with E-state index in [1.165, 1.54) is 14.2 Å². The van der Waals surface area contributed by atoms with E-state index in [-0.39, 0.29) is 5.78 Å². The highest BCUT2D eigenvalue weighted by Crippen LogP contribution is 2.36. The van der Waals surface area contributed by atoms with E-state index in [0.717, 1.165) is 4.88 Å². The molecule has 5 heteroatoms. The zero-order valence-electron chi connectivity index (χ0n) is 11.9. The second-order valence-electron chi connectivity index (χ2n) is 4.18. The maximum Gasteiger partial charge on any atom is 0.197 e. The molecule has 2 rings (SSSR count). The van der Waals surface area contributed by atoms with Crippen LogP contribution in [-0.2, 0) is 0 Å². The normalized spacial score (nSPS) is 10.2. The molecule has 0 aliphatic rings. The number of hydrogen-bond acceptors (Lipinski definition) is 5. The molecular weight excluding hydrogens is 276 g/mol. The first-order valence-electron chi connectivity index (χ1n) is 6.00. The second kappa shape index (κ2) is 5.96. The predicted molar refractivity (Wildman–Crippen MR) is 78.6 cm³/mol. The molecule has 0 bridgehead atoms. The Morgan fingerprint density at radius 2 is 1.55 bits per heavy atom. The molecule has 0 unspecified atom stereocenters. The van der Waals surface area contributed by atoms with Crippen LogP contribution in [0.3, 0.4) is 0 Å². The van der Waals surface area contributed by atoms with E-state index in [0.29, 0.717) is 28.4 Å². The van der Waals surface area contributed by atoms with E-state index in [9.17, 15) is 4.79 Å². The summed E-state index contributed by atoms with van der Waals surface area (Å²) in [4.78, 5) is 13.6. The fourth-order valence-electron chi connectivity index (χ4n) is 1.92. The van der Waals surface area contributed by atoms with Gasteiger partial charge < -0.3 is 14.2 Å². The molecule has 0 fully saturated rings. The van der Waals surface area contributed by atoms with Crippen LogP contribution in [0.5, 0.6) is 17.2 Å². The summed E-state index contributed by atoms with van der Waals surface area (Å²) >= 11 is 1.54. The van der Waals surface area contributed by atoms with Gasteiger partial charge in [-0.3, -0.25) is 4.79 Å². The first-order valence-corrected chi connectivity index (χ1v) is 6.88. The SMILES string of the molecule is COc1cc(OC)c(C(=O)c2csc(C)c2)cc1OC. The highest BCUT2D eigenvalue weighted by Gasteiger charge is 2.19. The van der Waals surface area contributed by atoms with Crippen molar-refractivity contribution in [3.05, 3.63) is 39.6 Å². The molecule has 1 heterocycles. The van der Waals surface area contributed by atoms with Crippen LogP contribution in [0.1, 0.15) is 20.8 Å². The zero-order chi connectivity index (χ0) is 14.7. The van der Waals surface area contributed by atoms with Crippen molar-refractivity contribution < 1.29 is 19.0 Å². The van der Waals surface area contributed by atoms with E-state index >= 15 is 0 Å². The van der Waals surface area contributed by atoms with E-state index in [4.69, 9.17) is 14.2 Å². The Labute approximate surface area is 121 Å². The zero-order valence-corrected chi connectivity index (χ0v) is 12.7. The lowest BCUT2D eigenvalue weighted by molar-refractivity contribution is 0.103. The molecule has 0 amide bonds. The molecule has 0 saturated heterocycles. The van der Waals surface area contributed by atoms with Gasteiger partial charge in [0, 0.05) is 21.9 Å². The van der Waals surface area contributed by atoms with Crippen molar-refractivity contribution in [2.75, 3.05) is 21.3 Å². The van der Waals surface area contributed by atoms with Crippen molar-refractivity contribution in [1.29, 1.82) is 0 Å². The minimum Gasteiger partial charge on any atom is -0.496 e. The number of carbonyl (C=O) groups is 1. The van der Waals surface area contributed by atoms with Crippen molar-refractivity contribution in [1.82, 2.24) is 0 Å². The highest BCUT2D eigenvalue weighted by molar-refractivity contribution is 7.10. The number of thiophene rings is 1. The summed E-state index contributed by atoms with van der Waals surface area (Å²) in [5.41, 5.74) is 1.11. The number of ketones is 1. The molecule has 106 valence electrons. The maximum absolute atomic E-state index is 12.5. The number of aryl methyl sites for hydroxylation is 1. The third-order valence-electron chi connectivity index (χ3n) is 2.94. The largest absolute Gasteiger partial charge is 0.496 e. The number of carbonyl (C=O) groups excluding carboxylic acids is 1. The van der Waals surface area contributed by atoms with Crippen molar-refractivity contribution in [3.63, 3.8) is 0 Å². The van der Waals surface area contributed by atoms with Crippen LogP contribution in [0.25, 0.3) is 0 Å². The Morgan fingerprint density at radius 3 is 2.05 bits per heavy atom. The van der Waals surface area contributed by atoms with Crippen LogP contribution in [0.2, 0.25) is 0 Å². The van der Waals surface area contributed by atoms with Gasteiger partial charge in [0.15, 0.2) is 17.3 Å². The average Bonchev–Trinajstić information content (AvgIpc) is 2.91. The second-order valence-corrected chi connectivity index (χ2v) is 5.30. The van der Waals surface area contributed by atoms with Gasteiger partial charge in [0.1, 0.15) is 5.75 Å². The fraction of sp³-hybridized carbons (Fsp3) is 0.267. The fourth-order valence-corrected chi connectivity index (χ4v) is 2.61. The van der Waals surface area contributed by atoms with E-state index < -0.39 is 0 Å². The first kappa shape index (κ1) is 14.4. The predicted octanol–water partition coefficient (Wildman–Crippen LogP) is 3.31. The number of benzene rings is 1. The van der Waals surface area contributed by atoms with Gasteiger partial charge in [-0.15, -0.1) is 11.3 Å². The first-order chi connectivity index (χ1) is 9.60. The standard InChI is InChI=1S/C15H16O4S/c1-9-5-10(8-20-9)15(16)11-6-13(18-3)14(19-4)7-12(11)17-2/h5-8H,1-4H3. The van der Waals surface area contributed by atoms with Crippen molar-refractivity contribution in [2.24, 2.45) is 0 Å². The van der Waals surface area contributed by atoms with Crippen LogP contribution in [-0.4, -0.2) is 27.1 Å². The average molecular weight is 292 g/mol.